The van der Waals surface area contributed by atoms with Crippen LogP contribution in [0.1, 0.15) is 37.7 Å². The molecular formula is C25H33Cl2N3O5. The fraction of sp³-hybridized carbons (Fsp3) is 0.480. The third kappa shape index (κ3) is 8.47. The van der Waals surface area contributed by atoms with Crippen LogP contribution >= 0.6 is 24.8 Å². The minimum Gasteiger partial charge on any atom is -0.490 e. The molecule has 0 saturated carbocycles. The van der Waals surface area contributed by atoms with Gasteiger partial charge in [0.1, 0.15) is 25.1 Å². The monoisotopic (exact) mass is 525 g/mol. The summed E-state index contributed by atoms with van der Waals surface area (Å²) in [5, 5.41) is 0. The van der Waals surface area contributed by atoms with E-state index in [9.17, 15) is 9.59 Å². The van der Waals surface area contributed by atoms with Crippen molar-refractivity contribution in [3.05, 3.63) is 60.4 Å². The number of nitrogens with zero attached hydrogens (tertiary/aromatic N) is 3. The lowest BCUT2D eigenvalue weighted by Crippen LogP contribution is -2.49. The van der Waals surface area contributed by atoms with Crippen molar-refractivity contribution in [2.75, 3.05) is 26.2 Å². The zero-order valence-corrected chi connectivity index (χ0v) is 21.3. The summed E-state index contributed by atoms with van der Waals surface area (Å²) >= 11 is 0. The van der Waals surface area contributed by atoms with Crippen LogP contribution in [0.25, 0.3) is 0 Å². The lowest BCUT2D eigenvalue weighted by molar-refractivity contribution is 0.00750. The number of carbonyl (C=O) groups is 2. The number of amides is 2. The lowest BCUT2D eigenvalue weighted by Gasteiger charge is -2.37. The maximum atomic E-state index is 12.9. The Kier molecular flexibility index (Phi) is 11.9. The second kappa shape index (κ2) is 14.6. The second-order valence-corrected chi connectivity index (χ2v) is 8.45. The largest absolute Gasteiger partial charge is 0.490 e. The highest BCUT2D eigenvalue weighted by Crippen LogP contribution is 2.22. The van der Waals surface area contributed by atoms with E-state index >= 15 is 0 Å². The first-order chi connectivity index (χ1) is 16.2. The molecule has 0 bridgehead atoms. The number of likely N-dealkylation sites (tertiary alicyclic amines) is 2. The van der Waals surface area contributed by atoms with Gasteiger partial charge in [0.05, 0.1) is 12.2 Å². The highest BCUT2D eigenvalue weighted by Gasteiger charge is 2.32. The first-order valence-corrected chi connectivity index (χ1v) is 11.6. The standard InChI is InChI=1S/C25H31N3O5.2ClH/c29-24(32-18-20-7-2-1-3-8-20)27-15-11-22(12-16-27)33-25(30)28-14-5-4-9-21(28)19-31-23-10-6-13-26-17-23;;/h1-3,6-8,10,13,17,21-22H,4-5,9,11-12,14-16,18-19H2;2*1H. The molecule has 0 N–H and O–H groups in total. The van der Waals surface area contributed by atoms with Gasteiger partial charge in [-0.15, -0.1) is 24.8 Å². The van der Waals surface area contributed by atoms with E-state index in [0.717, 1.165) is 24.8 Å². The molecule has 1 aromatic heterocycles. The molecule has 3 heterocycles. The molecule has 2 aliphatic rings. The van der Waals surface area contributed by atoms with Gasteiger partial charge in [-0.05, 0) is 37.0 Å². The first-order valence-electron chi connectivity index (χ1n) is 11.6. The predicted molar refractivity (Wildman–Crippen MR) is 136 cm³/mol. The van der Waals surface area contributed by atoms with Gasteiger partial charge in [-0.1, -0.05) is 30.3 Å². The fourth-order valence-electron chi connectivity index (χ4n) is 4.22. The molecular weight excluding hydrogens is 493 g/mol. The number of piperidine rings is 2. The van der Waals surface area contributed by atoms with E-state index in [-0.39, 0.29) is 55.8 Å². The van der Waals surface area contributed by atoms with Gasteiger partial charge in [-0.3, -0.25) is 4.98 Å². The second-order valence-electron chi connectivity index (χ2n) is 8.45. The number of rotatable bonds is 6. The maximum absolute atomic E-state index is 12.9. The van der Waals surface area contributed by atoms with Gasteiger partial charge in [-0.2, -0.15) is 0 Å². The highest BCUT2D eigenvalue weighted by molar-refractivity contribution is 5.85. The number of hydrogen-bond donors (Lipinski definition) is 0. The molecule has 2 amide bonds. The number of carbonyl (C=O) groups excluding carboxylic acids is 2. The van der Waals surface area contributed by atoms with Gasteiger partial charge >= 0.3 is 12.2 Å². The molecule has 192 valence electrons. The Bertz CT molecular complexity index is 898. The predicted octanol–water partition coefficient (Wildman–Crippen LogP) is 5.10. The third-order valence-electron chi connectivity index (χ3n) is 6.11. The van der Waals surface area contributed by atoms with E-state index in [2.05, 4.69) is 4.98 Å². The zero-order valence-electron chi connectivity index (χ0n) is 19.6. The van der Waals surface area contributed by atoms with E-state index in [1.54, 1.807) is 22.2 Å². The Labute approximate surface area is 218 Å². The summed E-state index contributed by atoms with van der Waals surface area (Å²) in [5.41, 5.74) is 0.957. The molecule has 0 aliphatic carbocycles. The quantitative estimate of drug-likeness (QED) is 0.521. The summed E-state index contributed by atoms with van der Waals surface area (Å²) in [6.45, 7) is 2.38. The summed E-state index contributed by atoms with van der Waals surface area (Å²) in [6, 6.07) is 13.3. The molecule has 2 aliphatic heterocycles. The third-order valence-corrected chi connectivity index (χ3v) is 6.11. The van der Waals surface area contributed by atoms with E-state index < -0.39 is 0 Å². The van der Waals surface area contributed by atoms with E-state index in [1.165, 1.54) is 0 Å². The average Bonchev–Trinajstić information content (AvgIpc) is 2.88. The zero-order chi connectivity index (χ0) is 22.9. The number of ether oxygens (including phenoxy) is 3. The van der Waals surface area contributed by atoms with Crippen LogP contribution in [0.4, 0.5) is 9.59 Å². The van der Waals surface area contributed by atoms with Crippen molar-refractivity contribution in [2.24, 2.45) is 0 Å². The van der Waals surface area contributed by atoms with Crippen molar-refractivity contribution >= 4 is 37.0 Å². The van der Waals surface area contributed by atoms with E-state index in [0.29, 0.717) is 44.8 Å². The van der Waals surface area contributed by atoms with Crippen LogP contribution < -0.4 is 4.74 Å². The van der Waals surface area contributed by atoms with Crippen molar-refractivity contribution in [2.45, 2.75) is 50.9 Å². The topological polar surface area (TPSA) is 81.2 Å². The number of pyridine rings is 1. The van der Waals surface area contributed by atoms with Crippen molar-refractivity contribution in [3.63, 3.8) is 0 Å². The Morgan fingerprint density at radius 2 is 1.69 bits per heavy atom. The number of benzene rings is 1. The SMILES string of the molecule is Cl.Cl.O=C(OCc1ccccc1)N1CCC(OC(=O)N2CCCCC2COc2cccnc2)CC1. The average molecular weight is 526 g/mol. The minimum atomic E-state index is -0.327. The normalized spacial score (nSPS) is 18.0. The molecule has 2 saturated heterocycles. The van der Waals surface area contributed by atoms with Gasteiger partial charge in [0.25, 0.3) is 0 Å². The molecule has 1 aromatic carbocycles. The molecule has 35 heavy (non-hydrogen) atoms. The van der Waals surface area contributed by atoms with Crippen LogP contribution in [0.15, 0.2) is 54.9 Å². The van der Waals surface area contributed by atoms with E-state index in [1.807, 2.05) is 42.5 Å². The molecule has 2 fully saturated rings. The van der Waals surface area contributed by atoms with Crippen molar-refractivity contribution in [3.8, 4) is 5.75 Å². The summed E-state index contributed by atoms with van der Waals surface area (Å²) in [7, 11) is 0. The lowest BCUT2D eigenvalue weighted by atomic mass is 10.0. The Morgan fingerprint density at radius 1 is 0.914 bits per heavy atom. The van der Waals surface area contributed by atoms with Gasteiger partial charge in [0, 0.05) is 38.7 Å². The summed E-state index contributed by atoms with van der Waals surface area (Å²) in [4.78, 5) is 32.8. The highest BCUT2D eigenvalue weighted by atomic mass is 35.5. The summed E-state index contributed by atoms with van der Waals surface area (Å²) in [5.74, 6) is 0.697. The van der Waals surface area contributed by atoms with Crippen molar-refractivity contribution in [1.82, 2.24) is 14.8 Å². The van der Waals surface area contributed by atoms with Crippen LogP contribution in [0, 0.1) is 0 Å². The smallest absolute Gasteiger partial charge is 0.410 e. The van der Waals surface area contributed by atoms with Crippen LogP contribution in [0.3, 0.4) is 0 Å². The van der Waals surface area contributed by atoms with Gasteiger partial charge < -0.3 is 24.0 Å². The minimum absolute atomic E-state index is 0. The number of halogens is 2. The van der Waals surface area contributed by atoms with Crippen LogP contribution in [-0.2, 0) is 16.1 Å². The summed E-state index contributed by atoms with van der Waals surface area (Å²) < 4.78 is 17.1. The molecule has 1 atom stereocenters. The van der Waals surface area contributed by atoms with Crippen molar-refractivity contribution in [1.29, 1.82) is 0 Å². The molecule has 1 unspecified atom stereocenters. The van der Waals surface area contributed by atoms with Crippen molar-refractivity contribution < 1.29 is 23.8 Å². The van der Waals surface area contributed by atoms with Crippen LogP contribution in [-0.4, -0.2) is 65.4 Å². The molecule has 0 spiro atoms. The van der Waals surface area contributed by atoms with Crippen LogP contribution in [0.2, 0.25) is 0 Å². The molecule has 4 rings (SSSR count). The maximum Gasteiger partial charge on any atom is 0.410 e. The fourth-order valence-corrected chi connectivity index (χ4v) is 4.22. The Hall–Kier alpha value is -2.71. The molecule has 10 heteroatoms. The molecule has 0 radical (unpaired) electrons. The van der Waals surface area contributed by atoms with Gasteiger partial charge in [-0.25, -0.2) is 9.59 Å². The van der Waals surface area contributed by atoms with E-state index in [4.69, 9.17) is 14.2 Å². The number of hydrogen-bond acceptors (Lipinski definition) is 6. The number of aromatic nitrogens is 1. The Morgan fingerprint density at radius 3 is 2.40 bits per heavy atom. The summed E-state index contributed by atoms with van der Waals surface area (Å²) in [6.07, 6.45) is 6.69. The molecule has 2 aromatic rings. The van der Waals surface area contributed by atoms with Gasteiger partial charge in [0.15, 0.2) is 0 Å². The molecule has 8 nitrogen and oxygen atoms in total. The Balaban J connectivity index is 0.00000216. The first kappa shape index (κ1) is 28.5. The van der Waals surface area contributed by atoms with Gasteiger partial charge in [0.2, 0.25) is 0 Å². The van der Waals surface area contributed by atoms with Crippen LogP contribution in [0.5, 0.6) is 5.75 Å².